The van der Waals surface area contributed by atoms with Crippen LogP contribution in [0.3, 0.4) is 0 Å². The lowest BCUT2D eigenvalue weighted by Gasteiger charge is -2.34. The van der Waals surface area contributed by atoms with E-state index in [9.17, 15) is 9.50 Å². The van der Waals surface area contributed by atoms with E-state index in [1.165, 1.54) is 6.07 Å². The largest absolute Gasteiger partial charge is 0.409 e. The van der Waals surface area contributed by atoms with Crippen LogP contribution in [-0.4, -0.2) is 40.2 Å². The highest BCUT2D eigenvalue weighted by Crippen LogP contribution is 2.21. The van der Waals surface area contributed by atoms with Crippen molar-refractivity contribution >= 4 is 5.84 Å². The molecule has 1 heterocycles. The van der Waals surface area contributed by atoms with Gasteiger partial charge in [-0.1, -0.05) is 24.2 Å². The summed E-state index contributed by atoms with van der Waals surface area (Å²) in [6.07, 6.45) is 0.516. The molecule has 0 saturated carbocycles. The minimum Gasteiger partial charge on any atom is -0.409 e. The van der Waals surface area contributed by atoms with Gasteiger partial charge in [-0.25, -0.2) is 4.39 Å². The molecule has 0 spiro atoms. The van der Waals surface area contributed by atoms with Gasteiger partial charge < -0.3 is 16.0 Å². The van der Waals surface area contributed by atoms with Crippen LogP contribution in [0.2, 0.25) is 0 Å². The fourth-order valence-corrected chi connectivity index (χ4v) is 2.45. The number of hydrogen-bond donors (Lipinski definition) is 3. The Bertz CT molecular complexity index is 507. The Kier molecular flexibility index (Phi) is 4.57. The highest BCUT2D eigenvalue weighted by molar-refractivity contribution is 5.97. The average molecular weight is 281 g/mol. The van der Waals surface area contributed by atoms with Crippen molar-refractivity contribution in [2.45, 2.75) is 26.0 Å². The van der Waals surface area contributed by atoms with E-state index >= 15 is 0 Å². The second-order valence-electron chi connectivity index (χ2n) is 5.33. The molecule has 0 amide bonds. The third-order valence-corrected chi connectivity index (χ3v) is 3.86. The zero-order valence-electron chi connectivity index (χ0n) is 11.5. The summed E-state index contributed by atoms with van der Waals surface area (Å²) in [5.41, 5.74) is 6.02. The molecule has 5 nitrogen and oxygen atoms in total. The maximum absolute atomic E-state index is 14.3. The van der Waals surface area contributed by atoms with Gasteiger partial charge in [-0.3, -0.25) is 4.90 Å². The first-order valence-corrected chi connectivity index (χ1v) is 6.68. The van der Waals surface area contributed by atoms with Crippen molar-refractivity contribution < 1.29 is 14.7 Å². The molecule has 2 atom stereocenters. The lowest BCUT2D eigenvalue weighted by molar-refractivity contribution is 0.0255. The molecule has 6 heteroatoms. The van der Waals surface area contributed by atoms with Gasteiger partial charge in [0.2, 0.25) is 0 Å². The molecule has 0 aromatic heterocycles. The number of oxime groups is 1. The summed E-state index contributed by atoms with van der Waals surface area (Å²) in [5, 5.41) is 21.3. The third-order valence-electron chi connectivity index (χ3n) is 3.86. The smallest absolute Gasteiger partial charge is 0.173 e. The van der Waals surface area contributed by atoms with E-state index in [-0.39, 0.29) is 23.4 Å². The van der Waals surface area contributed by atoms with Crippen LogP contribution in [0, 0.1) is 11.7 Å². The average Bonchev–Trinajstić information content (AvgIpc) is 2.44. The van der Waals surface area contributed by atoms with Crippen LogP contribution in [0.25, 0.3) is 0 Å². The molecule has 2 unspecified atom stereocenters. The van der Waals surface area contributed by atoms with Crippen LogP contribution >= 0.6 is 0 Å². The Balaban J connectivity index is 2.14. The maximum atomic E-state index is 14.3. The first-order valence-electron chi connectivity index (χ1n) is 6.68. The molecule has 1 aliphatic heterocycles. The predicted octanol–water partition coefficient (Wildman–Crippen LogP) is 1.12. The fourth-order valence-electron chi connectivity index (χ4n) is 2.45. The van der Waals surface area contributed by atoms with Crippen molar-refractivity contribution in [3.05, 3.63) is 35.1 Å². The van der Waals surface area contributed by atoms with Gasteiger partial charge in [0, 0.05) is 18.7 Å². The fraction of sp³-hybridized carbons (Fsp3) is 0.500. The van der Waals surface area contributed by atoms with Gasteiger partial charge in [-0.05, 0) is 24.9 Å². The summed E-state index contributed by atoms with van der Waals surface area (Å²) in [6, 6.07) is 4.82. The van der Waals surface area contributed by atoms with Crippen LogP contribution in [0.15, 0.2) is 23.4 Å². The lowest BCUT2D eigenvalue weighted by Crippen LogP contribution is -2.42. The van der Waals surface area contributed by atoms with Gasteiger partial charge in [-0.2, -0.15) is 0 Å². The summed E-state index contributed by atoms with van der Waals surface area (Å²) in [7, 11) is 0. The number of likely N-dealkylation sites (tertiary alicyclic amines) is 1. The topological polar surface area (TPSA) is 82.1 Å². The summed E-state index contributed by atoms with van der Waals surface area (Å²) < 4.78 is 14.3. The summed E-state index contributed by atoms with van der Waals surface area (Å²) >= 11 is 0. The number of rotatable bonds is 3. The molecule has 0 bridgehead atoms. The molecule has 1 aromatic rings. The number of nitrogens with zero attached hydrogens (tertiary/aromatic N) is 2. The van der Waals surface area contributed by atoms with Gasteiger partial charge in [0.25, 0.3) is 0 Å². The molecule has 1 aromatic carbocycles. The Morgan fingerprint density at radius 2 is 2.30 bits per heavy atom. The molecule has 0 radical (unpaired) electrons. The molecule has 110 valence electrons. The van der Waals surface area contributed by atoms with Crippen molar-refractivity contribution in [1.29, 1.82) is 0 Å². The monoisotopic (exact) mass is 281 g/mol. The number of amidine groups is 1. The zero-order valence-corrected chi connectivity index (χ0v) is 11.5. The number of halogens is 1. The molecule has 1 fully saturated rings. The third kappa shape index (κ3) is 3.08. The Hall–Kier alpha value is -1.66. The van der Waals surface area contributed by atoms with Crippen molar-refractivity contribution in [3.8, 4) is 0 Å². The standard InChI is InChI=1S/C14H20FN3O2/c1-9-5-6-18(8-12(9)19)7-10-3-2-4-11(13(10)15)14(16)17-20/h2-4,9,12,19-20H,5-8H2,1H3,(H2,16,17). The predicted molar refractivity (Wildman–Crippen MR) is 74.0 cm³/mol. The van der Waals surface area contributed by atoms with Crippen LogP contribution in [-0.2, 0) is 6.54 Å². The first-order chi connectivity index (χ1) is 9.52. The van der Waals surface area contributed by atoms with Gasteiger partial charge in [0.15, 0.2) is 5.84 Å². The van der Waals surface area contributed by atoms with E-state index < -0.39 is 5.82 Å². The van der Waals surface area contributed by atoms with Crippen LogP contribution in [0.1, 0.15) is 24.5 Å². The molecular weight excluding hydrogens is 261 g/mol. The molecule has 20 heavy (non-hydrogen) atoms. The van der Waals surface area contributed by atoms with E-state index in [1.54, 1.807) is 12.1 Å². The molecule has 2 rings (SSSR count). The second kappa shape index (κ2) is 6.19. The van der Waals surface area contributed by atoms with Crippen molar-refractivity contribution in [2.75, 3.05) is 13.1 Å². The number of nitrogens with two attached hydrogens (primary N) is 1. The van der Waals surface area contributed by atoms with Crippen LogP contribution in [0.4, 0.5) is 4.39 Å². The summed E-state index contributed by atoms with van der Waals surface area (Å²) in [6.45, 7) is 3.78. The summed E-state index contributed by atoms with van der Waals surface area (Å²) in [4.78, 5) is 2.01. The maximum Gasteiger partial charge on any atom is 0.173 e. The first kappa shape index (κ1) is 14.7. The molecule has 0 aliphatic carbocycles. The Labute approximate surface area is 117 Å². The highest BCUT2D eigenvalue weighted by atomic mass is 19.1. The minimum atomic E-state index is -0.476. The molecule has 1 saturated heterocycles. The number of benzene rings is 1. The van der Waals surface area contributed by atoms with E-state index in [2.05, 4.69) is 5.16 Å². The summed E-state index contributed by atoms with van der Waals surface area (Å²) in [5.74, 6) is -0.438. The molecule has 1 aliphatic rings. The molecular formula is C14H20FN3O2. The Morgan fingerprint density at radius 1 is 1.55 bits per heavy atom. The number of aliphatic hydroxyl groups excluding tert-OH is 1. The second-order valence-corrected chi connectivity index (χ2v) is 5.33. The number of aliphatic hydroxyl groups is 1. The van der Waals surface area contributed by atoms with Gasteiger partial charge in [0.05, 0.1) is 11.7 Å². The Morgan fingerprint density at radius 3 is 2.95 bits per heavy atom. The van der Waals surface area contributed by atoms with Gasteiger partial charge in [0.1, 0.15) is 5.82 Å². The van der Waals surface area contributed by atoms with Crippen molar-refractivity contribution in [3.63, 3.8) is 0 Å². The molecule has 4 N–H and O–H groups in total. The van der Waals surface area contributed by atoms with E-state index in [0.717, 1.165) is 13.0 Å². The quantitative estimate of drug-likeness (QED) is 0.336. The van der Waals surface area contributed by atoms with E-state index in [4.69, 9.17) is 10.9 Å². The SMILES string of the molecule is CC1CCN(Cc2cccc(/C(N)=N/O)c2F)CC1O. The van der Waals surface area contributed by atoms with Crippen LogP contribution < -0.4 is 5.73 Å². The van der Waals surface area contributed by atoms with E-state index in [1.807, 2.05) is 11.8 Å². The van der Waals surface area contributed by atoms with E-state index in [0.29, 0.717) is 18.7 Å². The zero-order chi connectivity index (χ0) is 14.7. The van der Waals surface area contributed by atoms with Crippen molar-refractivity contribution in [1.82, 2.24) is 4.90 Å². The van der Waals surface area contributed by atoms with Gasteiger partial charge in [-0.15, -0.1) is 0 Å². The normalized spacial score (nSPS) is 24.9. The van der Waals surface area contributed by atoms with Gasteiger partial charge >= 0.3 is 0 Å². The number of hydrogen-bond acceptors (Lipinski definition) is 4. The number of piperidine rings is 1. The van der Waals surface area contributed by atoms with Crippen LogP contribution in [0.5, 0.6) is 0 Å². The minimum absolute atomic E-state index is 0.0934. The van der Waals surface area contributed by atoms with Crippen molar-refractivity contribution in [2.24, 2.45) is 16.8 Å². The highest BCUT2D eigenvalue weighted by Gasteiger charge is 2.25. The lowest BCUT2D eigenvalue weighted by atomic mass is 9.95. The number of β-amino-alcohol motifs (C(OH)–C–C–N with tert-alkyl or cyclic N) is 1.